The third kappa shape index (κ3) is 6.14. The number of fused-ring (bicyclic) bond motifs is 1. The van der Waals surface area contributed by atoms with Crippen molar-refractivity contribution < 1.29 is 14.7 Å². The number of carbonyl (C=O) groups excluding carboxylic acids is 2. The van der Waals surface area contributed by atoms with E-state index >= 15 is 0 Å². The van der Waals surface area contributed by atoms with Crippen LogP contribution in [0, 0.1) is 0 Å². The van der Waals surface area contributed by atoms with Crippen LogP contribution in [0.1, 0.15) is 39.0 Å². The SMILES string of the molecule is CC(=O)NCCCC[C@H](N)C(=O)N(C)CC1(O)CCN(c2ccnc3ccncc23)CC1. The first-order valence-corrected chi connectivity index (χ1v) is 11.2. The summed E-state index contributed by atoms with van der Waals surface area (Å²) in [5.41, 5.74) is 7.11. The summed E-state index contributed by atoms with van der Waals surface area (Å²) in [5.74, 6) is -0.218. The van der Waals surface area contributed by atoms with Crippen LogP contribution in [0.25, 0.3) is 10.9 Å². The van der Waals surface area contributed by atoms with Crippen LogP contribution in [-0.2, 0) is 9.59 Å². The van der Waals surface area contributed by atoms with Crippen molar-refractivity contribution in [3.63, 3.8) is 0 Å². The summed E-state index contributed by atoms with van der Waals surface area (Å²) in [5, 5.41) is 14.9. The average molecular weight is 443 g/mol. The quantitative estimate of drug-likeness (QED) is 0.496. The van der Waals surface area contributed by atoms with E-state index in [-0.39, 0.29) is 18.4 Å². The van der Waals surface area contributed by atoms with Crippen molar-refractivity contribution in [1.29, 1.82) is 0 Å². The van der Waals surface area contributed by atoms with Gasteiger partial charge in [-0.25, -0.2) is 0 Å². The number of pyridine rings is 2. The first-order valence-electron chi connectivity index (χ1n) is 11.2. The number of hydrogen-bond acceptors (Lipinski definition) is 7. The lowest BCUT2D eigenvalue weighted by atomic mass is 9.90. The number of hydrogen-bond donors (Lipinski definition) is 3. The summed E-state index contributed by atoms with van der Waals surface area (Å²) in [6, 6.07) is 3.27. The zero-order chi connectivity index (χ0) is 23.1. The van der Waals surface area contributed by atoms with Gasteiger partial charge in [0.25, 0.3) is 0 Å². The van der Waals surface area contributed by atoms with E-state index in [9.17, 15) is 14.7 Å². The average Bonchev–Trinajstić information content (AvgIpc) is 2.78. The van der Waals surface area contributed by atoms with Crippen molar-refractivity contribution in [3.05, 3.63) is 30.7 Å². The van der Waals surface area contributed by atoms with E-state index in [0.29, 0.717) is 38.9 Å². The molecule has 9 nitrogen and oxygen atoms in total. The molecule has 0 aromatic carbocycles. The van der Waals surface area contributed by atoms with Crippen LogP contribution < -0.4 is 16.0 Å². The number of nitrogens with two attached hydrogens (primary N) is 1. The summed E-state index contributed by atoms with van der Waals surface area (Å²) in [6.07, 6.45) is 8.55. The predicted octanol–water partition coefficient (Wildman–Crippen LogP) is 1.05. The van der Waals surface area contributed by atoms with E-state index < -0.39 is 11.6 Å². The highest BCUT2D eigenvalue weighted by atomic mass is 16.3. The standard InChI is InChI=1S/C23H34N6O3/c1-17(30)26-10-4-3-5-19(24)22(31)28(2)16-23(32)8-13-29(14-9-23)21-7-12-27-20-6-11-25-15-18(20)21/h6-7,11-12,15,19,32H,3-5,8-10,13-14,16,24H2,1-2H3,(H,26,30)/t19-/m0/s1. The fourth-order valence-corrected chi connectivity index (χ4v) is 4.25. The lowest BCUT2D eigenvalue weighted by molar-refractivity contribution is -0.135. The summed E-state index contributed by atoms with van der Waals surface area (Å²) in [4.78, 5) is 36.0. The fraction of sp³-hybridized carbons (Fsp3) is 0.565. The molecule has 1 saturated heterocycles. The van der Waals surface area contributed by atoms with Gasteiger partial charge >= 0.3 is 0 Å². The summed E-state index contributed by atoms with van der Waals surface area (Å²) < 4.78 is 0. The number of nitrogens with zero attached hydrogens (tertiary/aromatic N) is 4. The highest BCUT2D eigenvalue weighted by Crippen LogP contribution is 2.30. The molecule has 1 aliphatic heterocycles. The van der Waals surface area contributed by atoms with Gasteiger partial charge in [-0.15, -0.1) is 0 Å². The van der Waals surface area contributed by atoms with Crippen molar-refractivity contribution in [3.8, 4) is 0 Å². The van der Waals surface area contributed by atoms with Gasteiger partial charge in [-0.05, 0) is 44.2 Å². The predicted molar refractivity (Wildman–Crippen MR) is 124 cm³/mol. The van der Waals surface area contributed by atoms with Crippen LogP contribution in [0.3, 0.4) is 0 Å². The van der Waals surface area contributed by atoms with Crippen LogP contribution in [0.15, 0.2) is 30.7 Å². The molecule has 0 bridgehead atoms. The normalized spacial score (nSPS) is 16.6. The Labute approximate surface area is 189 Å². The molecule has 174 valence electrons. The molecule has 2 aromatic rings. The first-order chi connectivity index (χ1) is 15.3. The molecule has 4 N–H and O–H groups in total. The van der Waals surface area contributed by atoms with Crippen LogP contribution in [-0.4, -0.2) is 76.7 Å². The van der Waals surface area contributed by atoms with Crippen molar-refractivity contribution in [2.75, 3.05) is 38.1 Å². The highest BCUT2D eigenvalue weighted by Gasteiger charge is 2.35. The Bertz CT molecular complexity index is 924. The fourth-order valence-electron chi connectivity index (χ4n) is 4.25. The van der Waals surface area contributed by atoms with Crippen molar-refractivity contribution in [1.82, 2.24) is 20.2 Å². The van der Waals surface area contributed by atoms with E-state index in [2.05, 4.69) is 20.2 Å². The van der Waals surface area contributed by atoms with Crippen LogP contribution in [0.2, 0.25) is 0 Å². The maximum absolute atomic E-state index is 12.7. The summed E-state index contributed by atoms with van der Waals surface area (Å²) in [7, 11) is 1.70. The highest BCUT2D eigenvalue weighted by molar-refractivity contribution is 5.90. The second-order valence-corrected chi connectivity index (χ2v) is 8.71. The molecule has 1 atom stereocenters. The van der Waals surface area contributed by atoms with Gasteiger partial charge in [0.05, 0.1) is 17.2 Å². The van der Waals surface area contributed by atoms with E-state index in [1.54, 1.807) is 24.3 Å². The number of aliphatic hydroxyl groups is 1. The second kappa shape index (κ2) is 10.7. The molecule has 0 spiro atoms. The molecule has 2 aromatic heterocycles. The van der Waals surface area contributed by atoms with Crippen LogP contribution in [0.4, 0.5) is 5.69 Å². The lowest BCUT2D eigenvalue weighted by Gasteiger charge is -2.41. The molecule has 2 amide bonds. The Balaban J connectivity index is 1.49. The third-order valence-electron chi connectivity index (χ3n) is 6.10. The molecule has 0 saturated carbocycles. The molecule has 1 fully saturated rings. The second-order valence-electron chi connectivity index (χ2n) is 8.71. The van der Waals surface area contributed by atoms with E-state index in [4.69, 9.17) is 5.73 Å². The van der Waals surface area contributed by atoms with Crippen LogP contribution >= 0.6 is 0 Å². The molecule has 1 aliphatic rings. The smallest absolute Gasteiger partial charge is 0.239 e. The number of anilines is 1. The molecular weight excluding hydrogens is 408 g/mol. The molecule has 3 heterocycles. The van der Waals surface area contributed by atoms with Gasteiger partial charge < -0.3 is 26.0 Å². The minimum Gasteiger partial charge on any atom is -0.388 e. The zero-order valence-corrected chi connectivity index (χ0v) is 19.0. The Morgan fingerprint density at radius 3 is 2.75 bits per heavy atom. The molecule has 32 heavy (non-hydrogen) atoms. The Kier molecular flexibility index (Phi) is 7.98. The summed E-state index contributed by atoms with van der Waals surface area (Å²) in [6.45, 7) is 3.70. The number of likely N-dealkylation sites (N-methyl/N-ethyl adjacent to an activating group) is 1. The number of rotatable bonds is 9. The Morgan fingerprint density at radius 1 is 1.28 bits per heavy atom. The molecule has 0 aliphatic carbocycles. The number of nitrogens with one attached hydrogen (secondary N) is 1. The number of unbranched alkanes of at least 4 members (excludes halogenated alkanes) is 1. The van der Waals surface area contributed by atoms with Crippen LogP contribution in [0.5, 0.6) is 0 Å². The van der Waals surface area contributed by atoms with Crippen molar-refractivity contribution >= 4 is 28.4 Å². The lowest BCUT2D eigenvalue weighted by Crippen LogP contribution is -2.53. The van der Waals surface area contributed by atoms with Gasteiger partial charge in [-0.2, -0.15) is 0 Å². The number of amides is 2. The van der Waals surface area contributed by atoms with E-state index in [0.717, 1.165) is 29.4 Å². The topological polar surface area (TPSA) is 125 Å². The maximum atomic E-state index is 12.7. The molecule has 0 radical (unpaired) electrons. The summed E-state index contributed by atoms with van der Waals surface area (Å²) >= 11 is 0. The number of aromatic nitrogens is 2. The van der Waals surface area contributed by atoms with Crippen molar-refractivity contribution in [2.45, 2.75) is 50.7 Å². The third-order valence-corrected chi connectivity index (χ3v) is 6.10. The van der Waals surface area contributed by atoms with Gasteiger partial charge in [0.15, 0.2) is 0 Å². The van der Waals surface area contributed by atoms with Gasteiger partial charge in [0.2, 0.25) is 11.8 Å². The molecule has 3 rings (SSSR count). The monoisotopic (exact) mass is 442 g/mol. The van der Waals surface area contributed by atoms with Gasteiger partial charge in [-0.1, -0.05) is 0 Å². The van der Waals surface area contributed by atoms with Crippen molar-refractivity contribution in [2.24, 2.45) is 5.73 Å². The maximum Gasteiger partial charge on any atom is 0.239 e. The minimum atomic E-state index is -0.937. The van der Waals surface area contributed by atoms with Gasteiger partial charge in [-0.3, -0.25) is 19.6 Å². The zero-order valence-electron chi connectivity index (χ0n) is 19.0. The Hall–Kier alpha value is -2.78. The number of carbonyl (C=O) groups is 2. The van der Waals surface area contributed by atoms with E-state index in [1.807, 2.05) is 18.3 Å². The molecule has 9 heteroatoms. The largest absolute Gasteiger partial charge is 0.388 e. The number of piperidine rings is 1. The minimum absolute atomic E-state index is 0.0572. The van der Waals surface area contributed by atoms with E-state index in [1.165, 1.54) is 6.92 Å². The molecule has 0 unspecified atom stereocenters. The first kappa shape index (κ1) is 23.9. The van der Waals surface area contributed by atoms with Gasteiger partial charge in [0.1, 0.15) is 0 Å². The molecular formula is C23H34N6O3. The Morgan fingerprint density at radius 2 is 2.03 bits per heavy atom. The van der Waals surface area contributed by atoms with Gasteiger partial charge in [0, 0.05) is 69.8 Å².